The molecule has 12 nitrogen and oxygen atoms in total. The normalized spacial score (nSPS) is 15.9. The maximum atomic E-state index is 16.0. The van der Waals surface area contributed by atoms with E-state index in [0.717, 1.165) is 20.9 Å². The first-order valence-electron chi connectivity index (χ1n) is 23.5. The highest BCUT2D eigenvalue weighted by atomic mass is 32.1. The molecule has 0 radical (unpaired) electrons. The highest BCUT2D eigenvalue weighted by Crippen LogP contribution is 2.66. The Bertz CT molecular complexity index is 3630. The highest BCUT2D eigenvalue weighted by Gasteiger charge is 2.69. The number of ether oxygens (including phenoxy) is 4. The molecule has 0 saturated heterocycles. The highest BCUT2D eigenvalue weighted by molar-refractivity contribution is 7.32. The standard InChI is InChI=1S/C59H39N3O9S3/c1-34-26-43-51(72-34)48-53(74-43)52-47(59(48,56(66)70-32-37-20-10-4-11-21-37)57(67)71-33-38-22-12-5-13-23-38)46-42(73-52)27-44(62-49-45(39(28-60)29-61)40-24-14-15-25-41(40)50(49)63)58(46,54(64)68-30-35-16-6-2-7-17-35)55(65)69-31-36-18-8-3-9-19-36/h2-13,16-27H,14-15,30-33H2,1H3/b62-49-. The third-order valence-corrected chi connectivity index (χ3v) is 16.9. The van der Waals surface area contributed by atoms with E-state index in [0.29, 0.717) is 55.1 Å². The smallest absolute Gasteiger partial charge is 0.334 e. The number of ketones is 1. The number of nitrogens with zero attached hydrogens (tertiary/aromatic N) is 3. The Morgan fingerprint density at radius 3 is 1.50 bits per heavy atom. The SMILES string of the molecule is Cc1cc2sc3c(c2s1)C(C(=O)OCc1ccccc1)(C(=O)OCc1ccccc1)c1c-3sc2c1C(C(=O)OCc1ccccc1)(C(=O)OCc1ccccc1)C(/N=C1\C(=O)C3=CCCC=C3C1=C(C#N)C#N)=C2. The van der Waals surface area contributed by atoms with Crippen LogP contribution in [-0.2, 0) is 80.2 Å². The summed E-state index contributed by atoms with van der Waals surface area (Å²) in [5.74, 6) is -5.08. The predicted octanol–water partition coefficient (Wildman–Crippen LogP) is 11.2. The monoisotopic (exact) mass is 1030 g/mol. The molecule has 0 bridgehead atoms. The zero-order valence-electron chi connectivity index (χ0n) is 39.3. The molecule has 15 heteroatoms. The minimum Gasteiger partial charge on any atom is -0.459 e. The Kier molecular flexibility index (Phi) is 12.5. The van der Waals surface area contributed by atoms with E-state index in [1.165, 1.54) is 28.7 Å². The van der Waals surface area contributed by atoms with Crippen molar-refractivity contribution in [2.75, 3.05) is 0 Å². The lowest BCUT2D eigenvalue weighted by Crippen LogP contribution is -2.51. The summed E-state index contributed by atoms with van der Waals surface area (Å²) in [6.07, 6.45) is 5.92. The molecule has 1 saturated carbocycles. The largest absolute Gasteiger partial charge is 0.459 e. The molecule has 362 valence electrons. The zero-order valence-corrected chi connectivity index (χ0v) is 41.8. The Balaban J connectivity index is 1.21. The molecule has 4 aromatic carbocycles. The average Bonchev–Trinajstić information content (AvgIpc) is 4.28. The number of hydrogen-bond donors (Lipinski definition) is 0. The molecular formula is C59H39N3O9S3. The minimum atomic E-state index is -2.79. The molecule has 0 unspecified atom stereocenters. The van der Waals surface area contributed by atoms with Gasteiger partial charge in [-0.2, -0.15) is 10.5 Å². The van der Waals surface area contributed by atoms with Crippen LogP contribution in [0.15, 0.2) is 173 Å². The van der Waals surface area contributed by atoms with Crippen molar-refractivity contribution in [2.45, 2.75) is 57.0 Å². The van der Waals surface area contributed by atoms with Gasteiger partial charge in [0, 0.05) is 42.3 Å². The molecule has 3 aromatic heterocycles. The first kappa shape index (κ1) is 47.7. The number of hydrogen-bond acceptors (Lipinski definition) is 15. The van der Waals surface area contributed by atoms with Gasteiger partial charge in [0.1, 0.15) is 49.9 Å². The lowest BCUT2D eigenvalue weighted by molar-refractivity contribution is -0.167. The van der Waals surface area contributed by atoms with Gasteiger partial charge in [-0.15, -0.1) is 34.0 Å². The Hall–Kier alpha value is -8.60. The van der Waals surface area contributed by atoms with Gasteiger partial charge in [0.2, 0.25) is 16.6 Å². The van der Waals surface area contributed by atoms with Crippen LogP contribution in [-0.4, -0.2) is 35.4 Å². The molecular weight excluding hydrogens is 991 g/mol. The second kappa shape index (κ2) is 19.4. The van der Waals surface area contributed by atoms with E-state index in [9.17, 15) is 15.3 Å². The van der Waals surface area contributed by atoms with Crippen molar-refractivity contribution in [1.29, 1.82) is 10.5 Å². The summed E-state index contributed by atoms with van der Waals surface area (Å²) in [7, 11) is 0. The Labute approximate surface area is 436 Å². The van der Waals surface area contributed by atoms with Crippen LogP contribution >= 0.6 is 34.0 Å². The van der Waals surface area contributed by atoms with Gasteiger partial charge in [0.05, 0.1) is 20.2 Å². The van der Waals surface area contributed by atoms with Crippen molar-refractivity contribution in [2.24, 2.45) is 4.99 Å². The van der Waals surface area contributed by atoms with Gasteiger partial charge in [0.15, 0.2) is 0 Å². The third-order valence-electron chi connectivity index (χ3n) is 13.3. The molecule has 7 aromatic rings. The van der Waals surface area contributed by atoms with Crippen LogP contribution in [0.2, 0.25) is 0 Å². The average molecular weight is 1030 g/mol. The van der Waals surface area contributed by atoms with Crippen molar-refractivity contribution >= 4 is 84.9 Å². The van der Waals surface area contributed by atoms with Crippen LogP contribution in [0, 0.1) is 29.6 Å². The van der Waals surface area contributed by atoms with Crippen LogP contribution in [0.1, 0.15) is 61.5 Å². The molecule has 4 aliphatic carbocycles. The number of rotatable bonds is 13. The fourth-order valence-corrected chi connectivity index (χ4v) is 14.1. The van der Waals surface area contributed by atoms with Gasteiger partial charge in [0.25, 0.3) is 0 Å². The van der Waals surface area contributed by atoms with Crippen LogP contribution in [0.3, 0.4) is 0 Å². The number of fused-ring (bicyclic) bond motifs is 8. The van der Waals surface area contributed by atoms with E-state index in [2.05, 4.69) is 0 Å². The summed E-state index contributed by atoms with van der Waals surface area (Å²) in [4.78, 5) is 85.6. The molecule has 11 rings (SSSR count). The number of thiophene rings is 3. The molecule has 0 N–H and O–H groups in total. The molecule has 1 fully saturated rings. The van der Waals surface area contributed by atoms with E-state index >= 15 is 19.2 Å². The van der Waals surface area contributed by atoms with Crippen molar-refractivity contribution in [1.82, 2.24) is 0 Å². The predicted molar refractivity (Wildman–Crippen MR) is 279 cm³/mol. The zero-order chi connectivity index (χ0) is 51.1. The Morgan fingerprint density at radius 1 is 0.581 bits per heavy atom. The van der Waals surface area contributed by atoms with Crippen molar-refractivity contribution in [3.05, 3.63) is 216 Å². The van der Waals surface area contributed by atoms with Crippen LogP contribution in [0.5, 0.6) is 0 Å². The molecule has 4 aliphatic rings. The fraction of sp³-hybridized carbons (Fsp3) is 0.153. The van der Waals surface area contributed by atoms with Gasteiger partial charge >= 0.3 is 23.9 Å². The molecule has 0 atom stereocenters. The minimum absolute atomic E-state index is 0.0510. The summed E-state index contributed by atoms with van der Waals surface area (Å²) in [6, 6.07) is 41.3. The van der Waals surface area contributed by atoms with Crippen molar-refractivity contribution in [3.63, 3.8) is 0 Å². The molecule has 0 aliphatic heterocycles. The molecule has 0 spiro atoms. The third kappa shape index (κ3) is 7.76. The summed E-state index contributed by atoms with van der Waals surface area (Å²) in [5.41, 5.74) is -3.46. The van der Waals surface area contributed by atoms with Crippen molar-refractivity contribution < 1.29 is 42.9 Å². The second-order valence-corrected chi connectivity index (χ2v) is 21.1. The lowest BCUT2D eigenvalue weighted by atomic mass is 9.70. The number of allylic oxidation sites excluding steroid dienone is 6. The first-order valence-corrected chi connectivity index (χ1v) is 25.9. The van der Waals surface area contributed by atoms with Gasteiger partial charge in [-0.05, 0) is 59.7 Å². The van der Waals surface area contributed by atoms with Crippen LogP contribution < -0.4 is 0 Å². The van der Waals surface area contributed by atoms with E-state index in [1.807, 2.05) is 37.3 Å². The number of Topliss-reactive ketones (excluding diaryl/α,β-unsaturated/α-hetero) is 1. The van der Waals surface area contributed by atoms with Crippen molar-refractivity contribution in [3.8, 4) is 21.9 Å². The van der Waals surface area contributed by atoms with Gasteiger partial charge in [-0.3, -0.25) is 24.0 Å². The molecule has 74 heavy (non-hydrogen) atoms. The summed E-state index contributed by atoms with van der Waals surface area (Å²) >= 11 is 3.85. The second-order valence-electron chi connectivity index (χ2n) is 17.8. The van der Waals surface area contributed by atoms with E-state index in [1.54, 1.807) is 121 Å². The number of aliphatic imine (C=N–C) groups is 1. The number of carbonyl (C=O) groups excluding carboxylic acids is 5. The molecule has 3 heterocycles. The van der Waals surface area contributed by atoms with Gasteiger partial charge in [-0.25, -0.2) is 4.99 Å². The van der Waals surface area contributed by atoms with E-state index < -0.39 is 46.1 Å². The maximum Gasteiger partial charge on any atom is 0.334 e. The van der Waals surface area contributed by atoms with Gasteiger partial charge in [-0.1, -0.05) is 133 Å². The fourth-order valence-electron chi connectivity index (χ4n) is 9.97. The topological polar surface area (TPSA) is 182 Å². The number of nitriles is 2. The first-order chi connectivity index (χ1) is 36.1. The summed E-state index contributed by atoms with van der Waals surface area (Å²) in [6.45, 7) is 0.707. The Morgan fingerprint density at radius 2 is 1.03 bits per heavy atom. The molecule has 0 amide bonds. The number of esters is 4. The maximum absolute atomic E-state index is 16.0. The van der Waals surface area contributed by atoms with Crippen LogP contribution in [0.4, 0.5) is 0 Å². The van der Waals surface area contributed by atoms with E-state index in [-0.39, 0.29) is 70.5 Å². The number of aryl methyl sites for hydroxylation is 1. The quantitative estimate of drug-likeness (QED) is 0.0464. The van der Waals surface area contributed by atoms with E-state index in [4.69, 9.17) is 23.9 Å². The summed E-state index contributed by atoms with van der Waals surface area (Å²) in [5, 5.41) is 20.7. The van der Waals surface area contributed by atoms with Crippen LogP contribution in [0.25, 0.3) is 25.2 Å². The number of benzene rings is 4. The summed E-state index contributed by atoms with van der Waals surface area (Å²) < 4.78 is 26.5. The van der Waals surface area contributed by atoms with Gasteiger partial charge < -0.3 is 18.9 Å². The number of carbonyl (C=O) groups is 5. The lowest BCUT2D eigenvalue weighted by Gasteiger charge is -2.32.